The molecule has 4 aromatic rings. The van der Waals surface area contributed by atoms with E-state index in [2.05, 4.69) is 42.7 Å². The van der Waals surface area contributed by atoms with Crippen LogP contribution in [0, 0.1) is 37.5 Å². The van der Waals surface area contributed by atoms with Crippen molar-refractivity contribution in [1.82, 2.24) is 0 Å². The molecular weight excluding hydrogens is 518 g/mol. The van der Waals surface area contributed by atoms with Gasteiger partial charge in [0.1, 0.15) is 0 Å². The minimum atomic E-state index is 0. The van der Waals surface area contributed by atoms with E-state index in [9.17, 15) is 4.79 Å². The van der Waals surface area contributed by atoms with Crippen LogP contribution in [-0.2, 0) is 4.79 Å². The molecule has 2 heteroatoms. The van der Waals surface area contributed by atoms with Crippen molar-refractivity contribution in [3.05, 3.63) is 102 Å². The van der Waals surface area contributed by atoms with Crippen LogP contribution in [0.5, 0.6) is 0 Å². The number of hydrogen-bond acceptors (Lipinski definition) is 1. The minimum Gasteiger partial charge on any atom is -0.385 e. The van der Waals surface area contributed by atoms with Crippen molar-refractivity contribution in [3.8, 4) is 0 Å². The van der Waals surface area contributed by atoms with E-state index < -0.39 is 0 Å². The van der Waals surface area contributed by atoms with E-state index in [-0.39, 0.29) is 31.1 Å². The van der Waals surface area contributed by atoms with Crippen LogP contribution in [0.1, 0.15) is 16.7 Å². The van der Waals surface area contributed by atoms with Crippen LogP contribution in [0.4, 0.5) is 0 Å². The molecule has 0 spiro atoms. The Morgan fingerprint density at radius 2 is 1.25 bits per heavy atom. The maximum atomic E-state index is 11.3. The van der Waals surface area contributed by atoms with Crippen LogP contribution in [-0.4, -0.2) is 6.29 Å². The van der Waals surface area contributed by atoms with E-state index in [4.69, 9.17) is 0 Å². The molecule has 0 bridgehead atoms. The van der Waals surface area contributed by atoms with Crippen LogP contribution in [0.3, 0.4) is 0 Å². The molecule has 0 N–H and O–H groups in total. The average molecular weight is 532 g/mol. The number of carbonyl (C=O) groups excluding carboxylic acids is 1. The van der Waals surface area contributed by atoms with Crippen molar-refractivity contribution in [3.63, 3.8) is 0 Å². The van der Waals surface area contributed by atoms with Gasteiger partial charge in [-0.3, -0.25) is 0 Å². The monoisotopic (exact) mass is 532 g/mol. The first-order chi connectivity index (χ1) is 11.3. The van der Waals surface area contributed by atoms with Crippen molar-refractivity contribution in [2.45, 2.75) is 0 Å². The van der Waals surface area contributed by atoms with E-state index in [0.717, 1.165) is 21.9 Å². The largest absolute Gasteiger partial charge is 2.00 e. The summed E-state index contributed by atoms with van der Waals surface area (Å²) in [6, 6.07) is 26.6. The van der Waals surface area contributed by atoms with Gasteiger partial charge < -0.3 is 4.79 Å². The van der Waals surface area contributed by atoms with E-state index in [0.29, 0.717) is 5.56 Å². The molecule has 0 aromatic heterocycles. The van der Waals surface area contributed by atoms with Gasteiger partial charge >= 0.3 is 31.1 Å². The van der Waals surface area contributed by atoms with Crippen LogP contribution in [0.25, 0.3) is 21.5 Å². The van der Waals surface area contributed by atoms with E-state index >= 15 is 0 Å². The molecule has 0 unspecified atom stereocenters. The summed E-state index contributed by atoms with van der Waals surface area (Å²) in [5.74, 6) is 0. The van der Waals surface area contributed by atoms with Gasteiger partial charge in [0.2, 0.25) is 0 Å². The molecule has 0 atom stereocenters. The Morgan fingerprint density at radius 3 is 1.92 bits per heavy atom. The van der Waals surface area contributed by atoms with Crippen LogP contribution >= 0.6 is 0 Å². The van der Waals surface area contributed by atoms with Gasteiger partial charge in [0.25, 0.3) is 0 Å². The molecule has 0 saturated heterocycles. The standard InChI is InChI=1S/C22H14O.U/c23-15-22-14-20-8-4-3-7-19(20)13-21(22)12-16-9-10-17-5-1-2-6-18(17)11-16;/h1-14H;/q-2;+2. The summed E-state index contributed by atoms with van der Waals surface area (Å²) >= 11 is 0. The van der Waals surface area contributed by atoms with Crippen LogP contribution < -0.4 is 0 Å². The molecule has 0 saturated carbocycles. The predicted molar refractivity (Wildman–Crippen MR) is 95.2 cm³/mol. The van der Waals surface area contributed by atoms with E-state index in [1.807, 2.05) is 48.9 Å². The van der Waals surface area contributed by atoms with Gasteiger partial charge in [-0.1, -0.05) is 70.8 Å². The van der Waals surface area contributed by atoms with Crippen molar-refractivity contribution in [1.29, 1.82) is 0 Å². The Bertz CT molecular complexity index is 1020. The van der Waals surface area contributed by atoms with Crippen molar-refractivity contribution >= 4 is 27.8 Å². The number of rotatable bonds is 3. The SMILES string of the molecule is O=[C-]c1cc2ccccc2cc1[CH-]c1ccc2ccccc2c1.[U+2]. The number of fused-ring (bicyclic) bond motifs is 2. The van der Waals surface area contributed by atoms with Gasteiger partial charge in [-0.2, -0.15) is 18.6 Å². The van der Waals surface area contributed by atoms with Gasteiger partial charge in [-0.15, -0.1) is 17.7 Å². The molecule has 4 aromatic carbocycles. The summed E-state index contributed by atoms with van der Waals surface area (Å²) in [5, 5.41) is 4.59. The fraction of sp³-hybridized carbons (Fsp3) is 0. The molecule has 0 heterocycles. The second-order valence-electron chi connectivity index (χ2n) is 5.64. The zero-order chi connectivity index (χ0) is 15.6. The first-order valence-corrected chi connectivity index (χ1v) is 7.58. The molecule has 0 aliphatic rings. The minimum absolute atomic E-state index is 0. The summed E-state index contributed by atoms with van der Waals surface area (Å²) in [6.07, 6.45) is 4.10. The average Bonchev–Trinajstić information content (AvgIpc) is 2.61. The number of benzene rings is 4. The normalized spacial score (nSPS) is 10.3. The Morgan fingerprint density at radius 1 is 0.667 bits per heavy atom. The van der Waals surface area contributed by atoms with Crippen molar-refractivity contribution in [2.75, 3.05) is 0 Å². The topological polar surface area (TPSA) is 17.1 Å². The van der Waals surface area contributed by atoms with Crippen molar-refractivity contribution < 1.29 is 35.9 Å². The second-order valence-corrected chi connectivity index (χ2v) is 5.64. The maximum absolute atomic E-state index is 11.3. The summed E-state index contributed by atoms with van der Waals surface area (Å²) < 4.78 is 0. The predicted octanol–water partition coefficient (Wildman–Crippen LogP) is 5.05. The first-order valence-electron chi connectivity index (χ1n) is 7.58. The zero-order valence-corrected chi connectivity index (χ0v) is 17.2. The Hall–Kier alpha value is -2.01. The summed E-state index contributed by atoms with van der Waals surface area (Å²) in [6.45, 7) is 0. The Kier molecular flexibility index (Phi) is 5.09. The Labute approximate surface area is 165 Å². The molecule has 1 nitrogen and oxygen atoms in total. The van der Waals surface area contributed by atoms with E-state index in [1.165, 1.54) is 10.8 Å². The molecule has 24 heavy (non-hydrogen) atoms. The fourth-order valence-corrected chi connectivity index (χ4v) is 2.94. The van der Waals surface area contributed by atoms with E-state index in [1.54, 1.807) is 0 Å². The smallest absolute Gasteiger partial charge is 0.385 e. The molecule has 4 rings (SSSR count). The Balaban J connectivity index is 0.00000169. The quantitative estimate of drug-likeness (QED) is 0.338. The molecule has 0 radical (unpaired) electrons. The number of hydrogen-bond donors (Lipinski definition) is 0. The maximum Gasteiger partial charge on any atom is 2.00 e. The van der Waals surface area contributed by atoms with Gasteiger partial charge in [0.15, 0.2) is 0 Å². The molecular formula is C22H14OU. The van der Waals surface area contributed by atoms with Gasteiger partial charge in [0.05, 0.1) is 0 Å². The summed E-state index contributed by atoms with van der Waals surface area (Å²) in [4.78, 5) is 11.3. The van der Waals surface area contributed by atoms with Gasteiger partial charge in [-0.05, 0) is 5.39 Å². The first kappa shape index (κ1) is 16.8. The molecule has 112 valence electrons. The second kappa shape index (κ2) is 7.26. The van der Waals surface area contributed by atoms with Gasteiger partial charge in [-0.25, -0.2) is 11.1 Å². The van der Waals surface area contributed by atoms with Crippen molar-refractivity contribution in [2.24, 2.45) is 0 Å². The zero-order valence-electron chi connectivity index (χ0n) is 13.0. The summed E-state index contributed by atoms with van der Waals surface area (Å²) in [5.41, 5.74) is 2.57. The third-order valence-corrected chi connectivity index (χ3v) is 4.12. The fourth-order valence-electron chi connectivity index (χ4n) is 2.94. The molecule has 0 amide bonds. The van der Waals surface area contributed by atoms with Gasteiger partial charge in [0, 0.05) is 6.29 Å². The summed E-state index contributed by atoms with van der Waals surface area (Å²) in [7, 11) is 0. The third-order valence-electron chi connectivity index (χ3n) is 4.12. The van der Waals surface area contributed by atoms with Crippen LogP contribution in [0.15, 0.2) is 78.9 Å². The third kappa shape index (κ3) is 3.27. The molecule has 0 aliphatic carbocycles. The molecule has 0 fully saturated rings. The van der Waals surface area contributed by atoms with Crippen LogP contribution in [0.2, 0.25) is 0 Å². The molecule has 0 aliphatic heterocycles.